The summed E-state index contributed by atoms with van der Waals surface area (Å²) in [6, 6.07) is 9.93. The van der Waals surface area contributed by atoms with E-state index < -0.39 is 17.8 Å². The van der Waals surface area contributed by atoms with E-state index in [0.29, 0.717) is 55.3 Å². The molecule has 5 rings (SSSR count). The molecule has 0 radical (unpaired) electrons. The number of hydrogen-bond acceptors (Lipinski definition) is 7. The minimum absolute atomic E-state index is 0.173. The predicted molar refractivity (Wildman–Crippen MR) is 128 cm³/mol. The van der Waals surface area contributed by atoms with Crippen molar-refractivity contribution in [3.05, 3.63) is 58.4 Å². The Morgan fingerprint density at radius 3 is 2.61 bits per heavy atom. The van der Waals surface area contributed by atoms with Crippen LogP contribution in [0.2, 0.25) is 0 Å². The Hall–Kier alpha value is -3.97. The second-order valence-electron chi connectivity index (χ2n) is 9.26. The van der Waals surface area contributed by atoms with Gasteiger partial charge in [0.05, 0.1) is 24.4 Å². The molecule has 1 N–H and O–H groups in total. The van der Waals surface area contributed by atoms with Crippen LogP contribution in [-0.4, -0.2) is 66.9 Å². The first-order valence-corrected chi connectivity index (χ1v) is 11.9. The number of piperidine rings is 1. The number of methoxy groups -OCH3 is 1. The molecule has 2 saturated heterocycles. The Balaban J connectivity index is 1.26. The summed E-state index contributed by atoms with van der Waals surface area (Å²) in [7, 11) is 1.57. The number of halogens is 1. The van der Waals surface area contributed by atoms with Crippen LogP contribution in [0, 0.1) is 17.1 Å². The summed E-state index contributed by atoms with van der Waals surface area (Å²) in [5.41, 5.74) is 2.88. The molecule has 1 atom stereocenters. The van der Waals surface area contributed by atoms with Crippen molar-refractivity contribution in [3.8, 4) is 11.8 Å². The summed E-state index contributed by atoms with van der Waals surface area (Å²) >= 11 is 0. The highest BCUT2D eigenvalue weighted by atomic mass is 19.1. The molecule has 1 unspecified atom stereocenters. The number of anilines is 1. The molecular formula is C26H26FN5O4. The number of carbonyl (C=O) groups excluding carboxylic acids is 3. The number of nitrogens with zero attached hydrogens (tertiary/aromatic N) is 4. The van der Waals surface area contributed by atoms with E-state index >= 15 is 4.39 Å². The first-order valence-electron chi connectivity index (χ1n) is 11.9. The summed E-state index contributed by atoms with van der Waals surface area (Å²) in [5, 5.41) is 11.8. The lowest BCUT2D eigenvalue weighted by atomic mass is 10.0. The lowest BCUT2D eigenvalue weighted by Crippen LogP contribution is -2.52. The Morgan fingerprint density at radius 1 is 1.14 bits per heavy atom. The molecule has 0 saturated carbocycles. The molecule has 0 spiro atoms. The minimum atomic E-state index is -0.728. The van der Waals surface area contributed by atoms with E-state index in [0.717, 1.165) is 5.56 Å². The average molecular weight is 492 g/mol. The quantitative estimate of drug-likeness (QED) is 0.636. The molecule has 10 heteroatoms. The van der Waals surface area contributed by atoms with E-state index in [1.807, 2.05) is 17.0 Å². The normalized spacial score (nSPS) is 20.2. The number of imide groups is 1. The fourth-order valence-corrected chi connectivity index (χ4v) is 5.13. The standard InChI is InChI=1S/C26H26FN5O4/c1-36-19-3-2-16(17(10-19)13-28)14-30-6-8-31(9-7-30)23-11-18-15-32(26(35)20(18)12-21(23)27)22-4-5-24(33)29-25(22)34/h2-3,10-12,22H,4-9,14-15H2,1H3,(H,29,33,34). The molecule has 0 aliphatic carbocycles. The highest BCUT2D eigenvalue weighted by Gasteiger charge is 2.40. The molecule has 2 aromatic carbocycles. The van der Waals surface area contributed by atoms with Gasteiger partial charge in [-0.3, -0.25) is 24.6 Å². The molecule has 36 heavy (non-hydrogen) atoms. The van der Waals surface area contributed by atoms with Crippen LogP contribution < -0.4 is 15.0 Å². The first-order chi connectivity index (χ1) is 17.4. The Kier molecular flexibility index (Phi) is 6.33. The lowest BCUT2D eigenvalue weighted by Gasteiger charge is -2.36. The van der Waals surface area contributed by atoms with Crippen molar-refractivity contribution in [2.75, 3.05) is 38.2 Å². The van der Waals surface area contributed by atoms with Crippen molar-refractivity contribution in [3.63, 3.8) is 0 Å². The van der Waals surface area contributed by atoms with Gasteiger partial charge >= 0.3 is 0 Å². The largest absolute Gasteiger partial charge is 0.497 e. The van der Waals surface area contributed by atoms with Crippen molar-refractivity contribution in [1.82, 2.24) is 15.1 Å². The maximum atomic E-state index is 15.1. The van der Waals surface area contributed by atoms with Crippen molar-refractivity contribution >= 4 is 23.4 Å². The SMILES string of the molecule is COc1ccc(CN2CCN(c3cc4c(cc3F)C(=O)N(C3CCC(=O)NC3=O)C4)CC2)c(C#N)c1. The van der Waals surface area contributed by atoms with Gasteiger partial charge in [-0.15, -0.1) is 0 Å². The van der Waals surface area contributed by atoms with Gasteiger partial charge in [-0.2, -0.15) is 5.26 Å². The van der Waals surface area contributed by atoms with E-state index in [1.54, 1.807) is 19.2 Å². The number of nitriles is 1. The molecule has 3 aliphatic rings. The summed E-state index contributed by atoms with van der Waals surface area (Å²) in [6.45, 7) is 3.39. The number of nitrogens with one attached hydrogen (secondary N) is 1. The smallest absolute Gasteiger partial charge is 0.255 e. The number of benzene rings is 2. The monoisotopic (exact) mass is 491 g/mol. The molecule has 3 heterocycles. The minimum Gasteiger partial charge on any atom is -0.497 e. The van der Waals surface area contributed by atoms with Crippen LogP contribution in [0.25, 0.3) is 0 Å². The van der Waals surface area contributed by atoms with Gasteiger partial charge in [-0.05, 0) is 41.8 Å². The molecule has 2 fully saturated rings. The fraction of sp³-hybridized carbons (Fsp3) is 0.385. The Labute approximate surface area is 208 Å². The zero-order valence-corrected chi connectivity index (χ0v) is 19.9. The summed E-state index contributed by atoms with van der Waals surface area (Å²) in [4.78, 5) is 42.3. The highest BCUT2D eigenvalue weighted by molar-refractivity contribution is 6.05. The van der Waals surface area contributed by atoms with E-state index in [1.165, 1.54) is 11.0 Å². The van der Waals surface area contributed by atoms with Crippen molar-refractivity contribution < 1.29 is 23.5 Å². The molecule has 186 valence electrons. The van der Waals surface area contributed by atoms with E-state index in [9.17, 15) is 19.6 Å². The van der Waals surface area contributed by atoms with Crippen molar-refractivity contribution in [2.24, 2.45) is 0 Å². The van der Waals surface area contributed by atoms with Gasteiger partial charge in [-0.1, -0.05) is 6.07 Å². The highest BCUT2D eigenvalue weighted by Crippen LogP contribution is 2.33. The third-order valence-corrected chi connectivity index (χ3v) is 7.14. The lowest BCUT2D eigenvalue weighted by molar-refractivity contribution is -0.136. The van der Waals surface area contributed by atoms with E-state index in [-0.39, 0.29) is 36.8 Å². The van der Waals surface area contributed by atoms with E-state index in [2.05, 4.69) is 16.3 Å². The van der Waals surface area contributed by atoms with Crippen LogP contribution >= 0.6 is 0 Å². The zero-order valence-electron chi connectivity index (χ0n) is 19.9. The number of hydrogen-bond donors (Lipinski definition) is 1. The zero-order chi connectivity index (χ0) is 25.4. The molecule has 3 amide bonds. The van der Waals surface area contributed by atoms with Crippen LogP contribution in [0.5, 0.6) is 5.75 Å². The van der Waals surface area contributed by atoms with Gasteiger partial charge in [-0.25, -0.2) is 4.39 Å². The van der Waals surface area contributed by atoms with Gasteiger partial charge in [0.1, 0.15) is 17.6 Å². The molecule has 0 aromatic heterocycles. The molecule has 0 bridgehead atoms. The molecule has 9 nitrogen and oxygen atoms in total. The third kappa shape index (κ3) is 4.38. The van der Waals surface area contributed by atoms with Gasteiger partial charge in [0.15, 0.2) is 0 Å². The number of rotatable bonds is 5. The van der Waals surface area contributed by atoms with Crippen LogP contribution in [0.1, 0.15) is 39.9 Å². The van der Waals surface area contributed by atoms with Gasteiger partial charge < -0.3 is 14.5 Å². The fourth-order valence-electron chi connectivity index (χ4n) is 5.13. The van der Waals surface area contributed by atoms with Gasteiger partial charge in [0.2, 0.25) is 11.8 Å². The number of fused-ring (bicyclic) bond motifs is 1. The molecular weight excluding hydrogens is 465 g/mol. The van der Waals surface area contributed by atoms with Crippen LogP contribution in [0.4, 0.5) is 10.1 Å². The topological polar surface area (TPSA) is 106 Å². The molecule has 2 aromatic rings. The predicted octanol–water partition coefficient (Wildman–Crippen LogP) is 1.79. The summed E-state index contributed by atoms with van der Waals surface area (Å²) in [5.74, 6) is -1.05. The maximum absolute atomic E-state index is 15.1. The summed E-state index contributed by atoms with van der Waals surface area (Å²) in [6.07, 6.45) is 0.441. The van der Waals surface area contributed by atoms with Gasteiger partial charge in [0.25, 0.3) is 5.91 Å². The average Bonchev–Trinajstić information content (AvgIpc) is 3.19. The van der Waals surface area contributed by atoms with Crippen molar-refractivity contribution in [2.45, 2.75) is 32.0 Å². The second-order valence-corrected chi connectivity index (χ2v) is 9.26. The first kappa shape index (κ1) is 23.8. The molecule has 3 aliphatic heterocycles. The van der Waals surface area contributed by atoms with Crippen LogP contribution in [0.3, 0.4) is 0 Å². The maximum Gasteiger partial charge on any atom is 0.255 e. The third-order valence-electron chi connectivity index (χ3n) is 7.14. The van der Waals surface area contributed by atoms with E-state index in [4.69, 9.17) is 4.74 Å². The van der Waals surface area contributed by atoms with Crippen molar-refractivity contribution in [1.29, 1.82) is 5.26 Å². The number of carbonyl (C=O) groups is 3. The Morgan fingerprint density at radius 2 is 1.92 bits per heavy atom. The Bertz CT molecular complexity index is 1280. The second kappa shape index (κ2) is 9.59. The van der Waals surface area contributed by atoms with Gasteiger partial charge in [0, 0.05) is 51.3 Å². The number of ether oxygens (including phenoxy) is 1. The number of amides is 3. The summed E-state index contributed by atoms with van der Waals surface area (Å²) < 4.78 is 20.3. The number of piperazine rings is 1. The van der Waals surface area contributed by atoms with Crippen LogP contribution in [-0.2, 0) is 22.7 Å². The van der Waals surface area contributed by atoms with Crippen LogP contribution in [0.15, 0.2) is 30.3 Å².